The van der Waals surface area contributed by atoms with Gasteiger partial charge in [0.1, 0.15) is 0 Å². The molecule has 0 fully saturated rings. The Bertz CT molecular complexity index is 1000. The summed E-state index contributed by atoms with van der Waals surface area (Å²) in [7, 11) is 0. The molecule has 0 spiro atoms. The lowest BCUT2D eigenvalue weighted by Gasteiger charge is -1.94. The Morgan fingerprint density at radius 2 is 1.47 bits per heavy atom. The van der Waals surface area contributed by atoms with Crippen molar-refractivity contribution in [2.75, 3.05) is 0 Å². The molecular weight excluding hydrogens is 380 g/mol. The summed E-state index contributed by atoms with van der Waals surface area (Å²) in [5.74, 6) is -1.44. The molecule has 0 unspecified atom stereocenters. The lowest BCUT2D eigenvalue weighted by atomic mass is 10.2. The maximum absolute atomic E-state index is 10.4. The summed E-state index contributed by atoms with van der Waals surface area (Å²) in [5.41, 5.74) is 3.43. The first-order valence-electron chi connectivity index (χ1n) is 10.0. The Balaban J connectivity index is 0.000000181. The number of aromatic nitrogens is 2. The van der Waals surface area contributed by atoms with Crippen LogP contribution in [0.25, 0.3) is 21.8 Å². The van der Waals surface area contributed by atoms with E-state index in [-0.39, 0.29) is 6.42 Å². The number of aliphatic carboxylic acids is 2. The van der Waals surface area contributed by atoms with Gasteiger partial charge in [-0.2, -0.15) is 0 Å². The standard InChI is InChI=1S/C12H13NO2.C8H7N.C4H8O2/c14-12(15)7-3-5-10-8-9-4-1-2-6-11(9)13-10;1-2-4-8-7(3-1)5-6-9-8;1-2-3-4(5)6/h1-2,4,6,8,13H,3,5,7H2,(H,14,15);1-6,9H;2-3H2,1H3,(H,5,6). The quantitative estimate of drug-likeness (QED) is 0.332. The fourth-order valence-electron chi connectivity index (χ4n) is 2.91. The zero-order valence-corrected chi connectivity index (χ0v) is 17.1. The Morgan fingerprint density at radius 1 is 0.833 bits per heavy atom. The smallest absolute Gasteiger partial charge is 0.303 e. The number of rotatable bonds is 6. The average Bonchev–Trinajstić information content (AvgIpc) is 3.35. The van der Waals surface area contributed by atoms with Crippen molar-refractivity contribution in [1.82, 2.24) is 9.97 Å². The van der Waals surface area contributed by atoms with Crippen LogP contribution in [0.5, 0.6) is 0 Å². The molecular formula is C24H28N2O4. The van der Waals surface area contributed by atoms with Gasteiger partial charge in [-0.15, -0.1) is 0 Å². The molecule has 2 heterocycles. The van der Waals surface area contributed by atoms with Crippen LogP contribution in [0, 0.1) is 0 Å². The van der Waals surface area contributed by atoms with E-state index in [0.29, 0.717) is 12.8 Å². The predicted molar refractivity (Wildman–Crippen MR) is 120 cm³/mol. The third kappa shape index (κ3) is 7.83. The summed E-state index contributed by atoms with van der Waals surface area (Å²) in [4.78, 5) is 26.3. The van der Waals surface area contributed by atoms with Crippen LogP contribution >= 0.6 is 0 Å². The van der Waals surface area contributed by atoms with Crippen molar-refractivity contribution in [2.45, 2.75) is 39.0 Å². The first-order valence-corrected chi connectivity index (χ1v) is 10.0. The van der Waals surface area contributed by atoms with E-state index in [1.807, 2.05) is 49.5 Å². The summed E-state index contributed by atoms with van der Waals surface area (Å²) < 4.78 is 0. The summed E-state index contributed by atoms with van der Waals surface area (Å²) in [6, 6.07) is 20.4. The SMILES string of the molecule is CCCC(=O)O.O=C(O)CCCc1cc2ccccc2[nH]1.c1ccc2[nH]ccc2c1. The van der Waals surface area contributed by atoms with Crippen molar-refractivity contribution in [3.63, 3.8) is 0 Å². The third-order valence-electron chi connectivity index (χ3n) is 4.35. The topological polar surface area (TPSA) is 106 Å². The maximum Gasteiger partial charge on any atom is 0.303 e. The highest BCUT2D eigenvalue weighted by atomic mass is 16.4. The molecule has 0 radical (unpaired) electrons. The Morgan fingerprint density at radius 3 is 2.03 bits per heavy atom. The number of aromatic amines is 2. The molecule has 0 aliphatic heterocycles. The fourth-order valence-corrected chi connectivity index (χ4v) is 2.91. The van der Waals surface area contributed by atoms with Crippen molar-refractivity contribution < 1.29 is 19.8 Å². The summed E-state index contributed by atoms with van der Waals surface area (Å²) in [6.45, 7) is 1.84. The van der Waals surface area contributed by atoms with Crippen molar-refractivity contribution in [3.05, 3.63) is 72.6 Å². The molecule has 4 rings (SSSR count). The number of aryl methyl sites for hydroxylation is 1. The van der Waals surface area contributed by atoms with Crippen LogP contribution < -0.4 is 0 Å². The summed E-state index contributed by atoms with van der Waals surface area (Å²) in [5, 5.41) is 18.9. The molecule has 158 valence electrons. The van der Waals surface area contributed by atoms with Crippen LogP contribution in [0.2, 0.25) is 0 Å². The molecule has 0 bridgehead atoms. The van der Waals surface area contributed by atoms with E-state index in [0.717, 1.165) is 24.1 Å². The Labute approximate surface area is 175 Å². The van der Waals surface area contributed by atoms with Crippen LogP contribution in [0.3, 0.4) is 0 Å². The fraction of sp³-hybridized carbons (Fsp3) is 0.250. The van der Waals surface area contributed by atoms with Crippen LogP contribution in [0.4, 0.5) is 0 Å². The van der Waals surface area contributed by atoms with Gasteiger partial charge in [0.05, 0.1) is 0 Å². The molecule has 0 saturated heterocycles. The van der Waals surface area contributed by atoms with Crippen molar-refractivity contribution in [2.24, 2.45) is 0 Å². The van der Waals surface area contributed by atoms with Gasteiger partial charge < -0.3 is 20.2 Å². The van der Waals surface area contributed by atoms with Crippen LogP contribution in [-0.4, -0.2) is 32.1 Å². The summed E-state index contributed by atoms with van der Waals surface area (Å²) >= 11 is 0. The van der Waals surface area contributed by atoms with Gasteiger partial charge in [0, 0.05) is 35.8 Å². The number of para-hydroxylation sites is 2. The van der Waals surface area contributed by atoms with E-state index in [2.05, 4.69) is 34.2 Å². The van der Waals surface area contributed by atoms with Crippen LogP contribution in [0.1, 0.15) is 38.3 Å². The van der Waals surface area contributed by atoms with Gasteiger partial charge >= 0.3 is 11.9 Å². The highest BCUT2D eigenvalue weighted by molar-refractivity contribution is 5.80. The molecule has 0 aliphatic carbocycles. The van der Waals surface area contributed by atoms with Crippen LogP contribution in [0.15, 0.2) is 66.9 Å². The van der Waals surface area contributed by atoms with E-state index in [4.69, 9.17) is 10.2 Å². The molecule has 30 heavy (non-hydrogen) atoms. The second-order valence-electron chi connectivity index (χ2n) is 6.84. The van der Waals surface area contributed by atoms with Gasteiger partial charge in [-0.3, -0.25) is 9.59 Å². The van der Waals surface area contributed by atoms with Gasteiger partial charge in [-0.05, 0) is 54.3 Å². The molecule has 6 heteroatoms. The number of H-pyrrole nitrogens is 2. The molecule has 4 aromatic rings. The molecule has 4 N–H and O–H groups in total. The molecule has 0 saturated carbocycles. The van der Waals surface area contributed by atoms with Gasteiger partial charge in [0.2, 0.25) is 0 Å². The number of hydrogen-bond acceptors (Lipinski definition) is 2. The first-order chi connectivity index (χ1) is 14.5. The predicted octanol–water partition coefficient (Wildman–Crippen LogP) is 5.61. The van der Waals surface area contributed by atoms with E-state index in [9.17, 15) is 9.59 Å². The largest absolute Gasteiger partial charge is 0.481 e. The lowest BCUT2D eigenvalue weighted by Crippen LogP contribution is -1.95. The number of fused-ring (bicyclic) bond motifs is 2. The normalized spacial score (nSPS) is 10.0. The van der Waals surface area contributed by atoms with Crippen molar-refractivity contribution in [1.29, 1.82) is 0 Å². The minimum atomic E-state index is -0.730. The number of carbonyl (C=O) groups is 2. The highest BCUT2D eigenvalue weighted by Crippen LogP contribution is 2.16. The Hall–Kier alpha value is -3.54. The first kappa shape index (κ1) is 22.7. The molecule has 2 aromatic heterocycles. The summed E-state index contributed by atoms with van der Waals surface area (Å²) in [6.07, 6.45) is 4.68. The third-order valence-corrected chi connectivity index (χ3v) is 4.35. The maximum atomic E-state index is 10.4. The minimum Gasteiger partial charge on any atom is -0.481 e. The zero-order valence-electron chi connectivity index (χ0n) is 17.1. The van der Waals surface area contributed by atoms with Crippen molar-refractivity contribution in [3.8, 4) is 0 Å². The van der Waals surface area contributed by atoms with E-state index < -0.39 is 11.9 Å². The van der Waals surface area contributed by atoms with Crippen molar-refractivity contribution >= 4 is 33.7 Å². The van der Waals surface area contributed by atoms with Gasteiger partial charge in [0.25, 0.3) is 0 Å². The Kier molecular flexibility index (Phi) is 9.18. The number of nitrogens with one attached hydrogen (secondary N) is 2. The van der Waals surface area contributed by atoms with Gasteiger partial charge in [-0.25, -0.2) is 0 Å². The second-order valence-corrected chi connectivity index (χ2v) is 6.84. The lowest BCUT2D eigenvalue weighted by molar-refractivity contribution is -0.138. The van der Waals surface area contributed by atoms with E-state index >= 15 is 0 Å². The van der Waals surface area contributed by atoms with E-state index in [1.165, 1.54) is 16.3 Å². The number of carboxylic acid groups (broad SMARTS) is 2. The second kappa shape index (κ2) is 12.1. The number of carboxylic acids is 2. The molecule has 6 nitrogen and oxygen atoms in total. The average molecular weight is 408 g/mol. The monoisotopic (exact) mass is 408 g/mol. The van der Waals surface area contributed by atoms with Crippen LogP contribution in [-0.2, 0) is 16.0 Å². The minimum absolute atomic E-state index is 0.232. The molecule has 0 aliphatic rings. The van der Waals surface area contributed by atoms with E-state index in [1.54, 1.807) is 0 Å². The zero-order chi connectivity index (χ0) is 21.8. The van der Waals surface area contributed by atoms with Gasteiger partial charge in [-0.1, -0.05) is 43.3 Å². The highest BCUT2D eigenvalue weighted by Gasteiger charge is 2.01. The number of hydrogen-bond donors (Lipinski definition) is 4. The van der Waals surface area contributed by atoms with Gasteiger partial charge in [0.15, 0.2) is 0 Å². The molecule has 2 aromatic carbocycles. The number of benzene rings is 2. The molecule has 0 atom stereocenters. The molecule has 0 amide bonds.